The molecule has 24 nitrogen and oxygen atoms in total. The minimum absolute atomic E-state index is 1.03. The Hall–Kier alpha value is -10.1. The van der Waals surface area contributed by atoms with E-state index in [1.807, 2.05) is 0 Å². The Balaban J connectivity index is -0.000000460. The van der Waals surface area contributed by atoms with Gasteiger partial charge in [-0.05, 0) is 0 Å². The van der Waals surface area contributed by atoms with Gasteiger partial charge in [-0.15, -0.1) is 0 Å². The van der Waals surface area contributed by atoms with Crippen LogP contribution in [0.4, 0.5) is 0 Å². The molecule has 0 amide bonds. The quantitative estimate of drug-likeness (QED) is 0.214. The van der Waals surface area contributed by atoms with Gasteiger partial charge in [0, 0.05) is 0 Å². The van der Waals surface area contributed by atoms with Gasteiger partial charge in [-0.1, -0.05) is 0 Å². The van der Waals surface area contributed by atoms with E-state index >= 15 is 0 Å². The van der Waals surface area contributed by atoms with E-state index in [9.17, 15) is 0 Å². The Bertz CT molecular complexity index is 3520. The van der Waals surface area contributed by atoms with E-state index in [1.54, 1.807) is 0 Å². The molecule has 0 saturated heterocycles. The van der Waals surface area contributed by atoms with Gasteiger partial charge in [-0.3, -0.25) is 0 Å². The molecular weight excluding hydrogens is 1710 g/mol. The Kier molecular flexibility index (Phi) is 28.6. The van der Waals surface area contributed by atoms with Gasteiger partial charge in [0.1, 0.15) is 0 Å². The Morgan fingerprint density at radius 2 is 0.284 bits per heavy atom. The monoisotopic (exact) mass is 1750 g/mol. The predicted molar refractivity (Wildman–Crippen MR) is 300 cm³/mol. The van der Waals surface area contributed by atoms with Gasteiger partial charge in [0.15, 0.2) is 0 Å². The Morgan fingerprint density at radius 1 is 0.193 bits per heavy atom. The van der Waals surface area contributed by atoms with Crippen molar-refractivity contribution < 1.29 is 42.9 Å². The molecule has 4 aromatic rings. The van der Waals surface area contributed by atoms with Crippen molar-refractivity contribution in [3.63, 3.8) is 0 Å². The molecule has 0 heterocycles. The minimum atomic E-state index is -6.17. The van der Waals surface area contributed by atoms with Crippen molar-refractivity contribution in [2.75, 3.05) is 0 Å². The molecule has 32 heteroatoms. The summed E-state index contributed by atoms with van der Waals surface area (Å²) >= 11 is 6.06. The Labute approximate surface area is 558 Å². The van der Waals surface area contributed by atoms with E-state index in [1.165, 1.54) is 149 Å². The summed E-state index contributed by atoms with van der Waals surface area (Å²) in [7, 11) is -24.7. The number of hydrogen-bond donors (Lipinski definition) is 0. The first kappa shape index (κ1) is 84.4. The molecule has 0 radical (unpaired) electrons. The predicted octanol–water partition coefficient (Wildman–Crippen LogP) is 4.78. The molecule has 0 unspecified atom stereocenters. The van der Waals surface area contributed by atoms with Crippen LogP contribution in [0.2, 0.25) is 0 Å². The first-order chi connectivity index (χ1) is 40.8. The van der Waals surface area contributed by atoms with Crippen LogP contribution in [0.3, 0.4) is 0 Å². The molecule has 4 rings (SSSR count). The normalized spacial score (nSPS) is 11.9. The average Bonchev–Trinajstić information content (AvgIpc) is 0.798. The molecule has 0 aromatic heterocycles. The van der Waals surface area contributed by atoms with E-state index in [-0.39, 0.29) is 0 Å². The SMILES string of the molecule is Cc1ccc[c]([Sn+3])c1C.Cc1ccc[c]([Sn+3])c1C.Cc1ccc[c]([Sn+3])c1C.Cc1ccc[c]([Sn+3])c1C.N#[C][Fe-3]([C]#N)([C]#N)([C]#N)([C]#N)[C]#N.N#[C][Fe-3]([C]#N)([C]#N)([C]#N)([C]#N)[C]#N.N#[C][Fe-3]([C]#N)([C]#N)([C]#N)([C]#N)[C]#N.N#[C][Fe-3]([C]#N)([C]#N)([C]#N)([C]#N)[C]#N. The second kappa shape index (κ2) is 29.8. The van der Waals surface area contributed by atoms with E-state index in [2.05, 4.69) is 128 Å². The third-order valence-corrected chi connectivity index (χ3v) is 32.2. The van der Waals surface area contributed by atoms with Crippen LogP contribution in [0.5, 0.6) is 0 Å². The summed E-state index contributed by atoms with van der Waals surface area (Å²) in [5, 5.41) is 206. The zero-order chi connectivity index (χ0) is 70.0. The fourth-order valence-electron chi connectivity index (χ4n) is 4.07. The van der Waals surface area contributed by atoms with Crippen LogP contribution in [0, 0.1) is 301 Å². The Morgan fingerprint density at radius 3 is 0.330 bits per heavy atom. The summed E-state index contributed by atoms with van der Waals surface area (Å²) in [4.78, 5) is 24.8. The van der Waals surface area contributed by atoms with Crippen molar-refractivity contribution in [2.24, 2.45) is 0 Å². The van der Waals surface area contributed by atoms with Gasteiger partial charge in [0.05, 0.1) is 0 Å². The van der Waals surface area contributed by atoms with Crippen molar-refractivity contribution in [3.05, 3.63) is 117 Å². The van der Waals surface area contributed by atoms with Gasteiger partial charge < -0.3 is 0 Å². The van der Waals surface area contributed by atoms with Crippen LogP contribution < -0.4 is 14.3 Å². The van der Waals surface area contributed by atoms with E-state index in [4.69, 9.17) is 126 Å². The first-order valence-electron chi connectivity index (χ1n) is 21.6. The molecule has 0 aliphatic heterocycles. The molecule has 88 heavy (non-hydrogen) atoms. The van der Waals surface area contributed by atoms with Crippen LogP contribution in [0.25, 0.3) is 0 Å². The average molecular weight is 1740 g/mol. The van der Waals surface area contributed by atoms with Crippen LogP contribution in [0.1, 0.15) is 44.5 Å². The fourth-order valence-corrected chi connectivity index (χ4v) is 10.7. The summed E-state index contributed by atoms with van der Waals surface area (Å²) < 4.78 is 5.90. The van der Waals surface area contributed by atoms with E-state index < -0.39 is 42.9 Å². The number of nitrogens with zero attached hydrogens (tertiary/aromatic N) is 24. The number of aryl methyl sites for hydroxylation is 4. The second-order valence-corrected chi connectivity index (χ2v) is 44.8. The van der Waals surface area contributed by atoms with Gasteiger partial charge in [-0.2, -0.15) is 0 Å². The molecule has 0 spiro atoms. The van der Waals surface area contributed by atoms with Gasteiger partial charge >= 0.3 is 566 Å². The van der Waals surface area contributed by atoms with Crippen LogP contribution in [-0.4, -0.2) is 90.1 Å². The maximum atomic E-state index is 8.58. The molecular formula is C56H36Fe4N24Sn4. The van der Waals surface area contributed by atoms with Gasteiger partial charge in [0.25, 0.3) is 0 Å². The first-order valence-corrected chi connectivity index (χ1v) is 40.5. The fraction of sp³-hybridized carbons (Fsp3) is 0.143. The third kappa shape index (κ3) is 15.5. The topological polar surface area (TPSA) is 571 Å². The zero-order valence-corrected chi connectivity index (χ0v) is 62.9. The van der Waals surface area contributed by atoms with Crippen molar-refractivity contribution in [1.29, 1.82) is 126 Å². The van der Waals surface area contributed by atoms with Gasteiger partial charge in [0.2, 0.25) is 0 Å². The second-order valence-electron chi connectivity index (χ2n) is 16.2. The number of benzene rings is 4. The van der Waals surface area contributed by atoms with E-state index in [0.717, 1.165) is 119 Å². The van der Waals surface area contributed by atoms with E-state index in [0.29, 0.717) is 0 Å². The van der Waals surface area contributed by atoms with Crippen molar-refractivity contribution in [2.45, 2.75) is 55.4 Å². The van der Waals surface area contributed by atoms with Gasteiger partial charge in [-0.25, -0.2) is 0 Å². The summed E-state index contributed by atoms with van der Waals surface area (Å²) in [5.41, 5.74) is 11.4. The molecule has 428 valence electrons. The number of hydrogen-bond acceptors (Lipinski definition) is 24. The molecule has 0 N–H and O–H groups in total. The standard InChI is InChI=1S/4C8H9.24CN.4Fe.4Sn/c4*1-7-5-3-4-6-8(7)2;24*1-2;;;;;;;;/h4*3-5H,1-2H3;;;;;;;;;;;;;;;;;;;;;;;;;;;;;;;;/q;;;;;;;;;;;;;;;;;;;;;;;;;;;;4*-3;4*+3. The summed E-state index contributed by atoms with van der Waals surface area (Å²) in [6.07, 6.45) is 0. The summed E-state index contributed by atoms with van der Waals surface area (Å²) in [6, 6.07) is 25.8. The van der Waals surface area contributed by atoms with Crippen molar-refractivity contribution in [3.8, 4) is 119 Å². The van der Waals surface area contributed by atoms with Crippen LogP contribution in [0.15, 0.2) is 72.8 Å². The maximum absolute atomic E-state index is 8.58. The molecule has 4 aromatic carbocycles. The molecule has 0 fully saturated rings. The van der Waals surface area contributed by atoms with Crippen LogP contribution >= 0.6 is 0 Å². The van der Waals surface area contributed by atoms with Crippen LogP contribution in [-0.2, 0) is 42.9 Å². The van der Waals surface area contributed by atoms with Crippen molar-refractivity contribution in [1.82, 2.24) is 0 Å². The zero-order valence-electron chi connectivity index (χ0n) is 47.1. The molecule has 0 aliphatic rings. The molecule has 0 saturated carbocycles. The summed E-state index contributed by atoms with van der Waals surface area (Å²) in [5.74, 6) is 0. The molecule has 0 atom stereocenters. The summed E-state index contributed by atoms with van der Waals surface area (Å²) in [6.45, 7) is 17.3. The molecule has 0 bridgehead atoms. The van der Waals surface area contributed by atoms with Crippen molar-refractivity contribution >= 4 is 104 Å². The number of nitriles is 24. The molecule has 0 aliphatic carbocycles. The third-order valence-electron chi connectivity index (χ3n) is 11.2. The number of rotatable bonds is 0.